The van der Waals surface area contributed by atoms with Crippen LogP contribution >= 0.6 is 11.3 Å². The molecule has 152 valence electrons. The van der Waals surface area contributed by atoms with E-state index in [2.05, 4.69) is 9.97 Å². The monoisotopic (exact) mass is 411 g/mol. The molecule has 1 amide bonds. The highest BCUT2D eigenvalue weighted by Gasteiger charge is 2.23. The van der Waals surface area contributed by atoms with Crippen LogP contribution in [0.1, 0.15) is 46.2 Å². The summed E-state index contributed by atoms with van der Waals surface area (Å²) in [4.78, 5) is 26.1. The van der Waals surface area contributed by atoms with Gasteiger partial charge < -0.3 is 14.4 Å². The van der Waals surface area contributed by atoms with Gasteiger partial charge in [0.05, 0.1) is 4.88 Å². The summed E-state index contributed by atoms with van der Waals surface area (Å²) >= 11 is 1.47. The summed E-state index contributed by atoms with van der Waals surface area (Å²) in [6.07, 6.45) is 0.780. The lowest BCUT2D eigenvalue weighted by Gasteiger charge is -2.23. The molecule has 0 aliphatic carbocycles. The number of aromatic nitrogens is 2. The van der Waals surface area contributed by atoms with Crippen LogP contribution in [0.25, 0.3) is 10.2 Å². The van der Waals surface area contributed by atoms with Crippen molar-refractivity contribution in [3.8, 4) is 11.5 Å². The molecule has 3 aromatic rings. The van der Waals surface area contributed by atoms with E-state index in [9.17, 15) is 4.79 Å². The molecular weight excluding hydrogens is 386 g/mol. The Bertz CT molecular complexity index is 1080. The predicted octanol–water partition coefficient (Wildman–Crippen LogP) is 4.30. The van der Waals surface area contributed by atoms with Gasteiger partial charge in [0.25, 0.3) is 5.91 Å². The van der Waals surface area contributed by atoms with Crippen molar-refractivity contribution in [1.29, 1.82) is 0 Å². The third kappa shape index (κ3) is 3.67. The fourth-order valence-electron chi connectivity index (χ4n) is 3.63. The van der Waals surface area contributed by atoms with E-state index in [0.29, 0.717) is 26.3 Å². The van der Waals surface area contributed by atoms with E-state index >= 15 is 0 Å². The van der Waals surface area contributed by atoms with E-state index < -0.39 is 0 Å². The Morgan fingerprint density at radius 2 is 1.90 bits per heavy atom. The molecule has 3 heterocycles. The predicted molar refractivity (Wildman–Crippen MR) is 114 cm³/mol. The molecule has 6 nitrogen and oxygen atoms in total. The smallest absolute Gasteiger partial charge is 0.264 e. The zero-order valence-electron chi connectivity index (χ0n) is 17.2. The van der Waals surface area contributed by atoms with Crippen molar-refractivity contribution in [1.82, 2.24) is 14.9 Å². The highest BCUT2D eigenvalue weighted by molar-refractivity contribution is 7.20. The third-order valence-electron chi connectivity index (χ3n) is 5.18. The number of benzene rings is 1. The average molecular weight is 412 g/mol. The molecule has 2 aromatic heterocycles. The standard InChI is InChI=1S/C22H25N3O3S/c1-5-18-23-14(4)19-13(3)20(29-21(19)24-18)22(26)25(6-2)12-15-7-8-16-17(11-15)28-10-9-27-16/h7-8,11H,5-6,9-10,12H2,1-4H3. The van der Waals surface area contributed by atoms with Gasteiger partial charge in [-0.1, -0.05) is 13.0 Å². The van der Waals surface area contributed by atoms with Gasteiger partial charge in [-0.3, -0.25) is 4.79 Å². The van der Waals surface area contributed by atoms with Crippen molar-refractivity contribution in [3.63, 3.8) is 0 Å². The minimum atomic E-state index is 0.0281. The topological polar surface area (TPSA) is 64.6 Å². The molecule has 29 heavy (non-hydrogen) atoms. The Labute approximate surface area is 174 Å². The number of nitrogens with zero attached hydrogens (tertiary/aromatic N) is 3. The number of carbonyl (C=O) groups excluding carboxylic acids is 1. The summed E-state index contributed by atoms with van der Waals surface area (Å²) in [5.74, 6) is 2.35. The van der Waals surface area contributed by atoms with Crippen LogP contribution in [0.3, 0.4) is 0 Å². The summed E-state index contributed by atoms with van der Waals surface area (Å²) in [7, 11) is 0. The molecule has 0 fully saturated rings. The van der Waals surface area contributed by atoms with Crippen molar-refractivity contribution in [2.45, 2.75) is 40.7 Å². The van der Waals surface area contributed by atoms with Crippen molar-refractivity contribution in [2.75, 3.05) is 19.8 Å². The summed E-state index contributed by atoms with van der Waals surface area (Å²) in [6, 6.07) is 5.87. The van der Waals surface area contributed by atoms with Crippen molar-refractivity contribution < 1.29 is 14.3 Å². The number of fused-ring (bicyclic) bond motifs is 2. The first-order valence-corrected chi connectivity index (χ1v) is 10.8. The van der Waals surface area contributed by atoms with E-state index in [1.807, 2.05) is 50.8 Å². The molecule has 0 N–H and O–H groups in total. The first-order valence-electron chi connectivity index (χ1n) is 9.96. The highest BCUT2D eigenvalue weighted by Crippen LogP contribution is 2.34. The zero-order chi connectivity index (χ0) is 20.5. The molecule has 0 bridgehead atoms. The van der Waals surface area contributed by atoms with E-state index in [1.165, 1.54) is 11.3 Å². The average Bonchev–Trinajstić information content (AvgIpc) is 3.08. The fraction of sp³-hybridized carbons (Fsp3) is 0.409. The van der Waals surface area contributed by atoms with Crippen LogP contribution in [0.15, 0.2) is 18.2 Å². The number of rotatable bonds is 5. The number of amides is 1. The second-order valence-corrected chi connectivity index (χ2v) is 8.11. The number of thiophene rings is 1. The Balaban J connectivity index is 1.63. The van der Waals surface area contributed by atoms with Gasteiger partial charge in [0, 0.05) is 30.6 Å². The van der Waals surface area contributed by atoms with Crippen molar-refractivity contribution in [2.24, 2.45) is 0 Å². The lowest BCUT2D eigenvalue weighted by Crippen LogP contribution is -2.30. The molecule has 0 saturated heterocycles. The van der Waals surface area contributed by atoms with Crippen LogP contribution in [0, 0.1) is 13.8 Å². The van der Waals surface area contributed by atoms with Gasteiger partial charge in [0.15, 0.2) is 11.5 Å². The van der Waals surface area contributed by atoms with E-state index in [1.54, 1.807) is 0 Å². The molecule has 0 unspecified atom stereocenters. The molecule has 1 aliphatic rings. The van der Waals surface area contributed by atoms with Gasteiger partial charge in [-0.15, -0.1) is 11.3 Å². The van der Waals surface area contributed by atoms with E-state index in [0.717, 1.165) is 55.7 Å². The lowest BCUT2D eigenvalue weighted by molar-refractivity contribution is 0.0756. The summed E-state index contributed by atoms with van der Waals surface area (Å²) in [5, 5.41) is 1.01. The number of ether oxygens (including phenoxy) is 2. The van der Waals surface area contributed by atoms with Crippen LogP contribution in [0.4, 0.5) is 0 Å². The molecule has 1 aromatic carbocycles. The first-order chi connectivity index (χ1) is 14.0. The summed E-state index contributed by atoms with van der Waals surface area (Å²) in [5.41, 5.74) is 2.93. The molecule has 0 atom stereocenters. The van der Waals surface area contributed by atoms with Crippen LogP contribution in [0.5, 0.6) is 11.5 Å². The largest absolute Gasteiger partial charge is 0.486 e. The number of aryl methyl sites for hydroxylation is 3. The van der Waals surface area contributed by atoms with Gasteiger partial charge in [-0.05, 0) is 44.0 Å². The number of carbonyl (C=O) groups is 1. The Hall–Kier alpha value is -2.67. The first kappa shape index (κ1) is 19.6. The Morgan fingerprint density at radius 3 is 2.62 bits per heavy atom. The SMILES string of the molecule is CCc1nc(C)c2c(C)c(C(=O)N(CC)Cc3ccc4c(c3)OCCO4)sc2n1. The summed E-state index contributed by atoms with van der Waals surface area (Å²) in [6.45, 7) is 10.3. The van der Waals surface area contributed by atoms with E-state index in [4.69, 9.17) is 9.47 Å². The maximum absolute atomic E-state index is 13.4. The number of hydrogen-bond donors (Lipinski definition) is 0. The van der Waals surface area contributed by atoms with Gasteiger partial charge in [0.1, 0.15) is 23.9 Å². The fourth-order valence-corrected chi connectivity index (χ4v) is 4.85. The van der Waals surface area contributed by atoms with Gasteiger partial charge in [-0.2, -0.15) is 0 Å². The van der Waals surface area contributed by atoms with E-state index in [-0.39, 0.29) is 5.91 Å². The Kier molecular flexibility index (Phi) is 5.41. The minimum absolute atomic E-state index is 0.0281. The quantitative estimate of drug-likeness (QED) is 0.626. The molecule has 0 saturated carbocycles. The second kappa shape index (κ2) is 7.99. The summed E-state index contributed by atoms with van der Waals surface area (Å²) < 4.78 is 11.3. The van der Waals surface area contributed by atoms with Crippen LogP contribution < -0.4 is 9.47 Å². The van der Waals surface area contributed by atoms with Crippen LogP contribution in [0.2, 0.25) is 0 Å². The highest BCUT2D eigenvalue weighted by atomic mass is 32.1. The molecule has 4 rings (SSSR count). The molecule has 1 aliphatic heterocycles. The molecule has 0 radical (unpaired) electrons. The maximum atomic E-state index is 13.4. The molecule has 7 heteroatoms. The maximum Gasteiger partial charge on any atom is 0.264 e. The van der Waals surface area contributed by atoms with Crippen LogP contribution in [-0.2, 0) is 13.0 Å². The van der Waals surface area contributed by atoms with Gasteiger partial charge in [0.2, 0.25) is 0 Å². The molecular formula is C22H25N3O3S. The third-order valence-corrected chi connectivity index (χ3v) is 6.35. The van der Waals surface area contributed by atoms with Crippen molar-refractivity contribution >= 4 is 27.5 Å². The Morgan fingerprint density at radius 1 is 1.14 bits per heavy atom. The second-order valence-electron chi connectivity index (χ2n) is 7.11. The normalized spacial score (nSPS) is 13.0. The van der Waals surface area contributed by atoms with Gasteiger partial charge >= 0.3 is 0 Å². The molecule has 0 spiro atoms. The van der Waals surface area contributed by atoms with Crippen LogP contribution in [-0.4, -0.2) is 40.5 Å². The van der Waals surface area contributed by atoms with Gasteiger partial charge in [-0.25, -0.2) is 9.97 Å². The lowest BCUT2D eigenvalue weighted by atomic mass is 10.1. The minimum Gasteiger partial charge on any atom is -0.486 e. The number of hydrogen-bond acceptors (Lipinski definition) is 6. The van der Waals surface area contributed by atoms with Crippen molar-refractivity contribution in [3.05, 3.63) is 45.7 Å². The zero-order valence-corrected chi connectivity index (χ0v) is 18.1.